The fourth-order valence-electron chi connectivity index (χ4n) is 1.97. The van der Waals surface area contributed by atoms with Gasteiger partial charge in [0.05, 0.1) is 24.2 Å². The molecule has 2 aromatic rings. The molecule has 0 spiro atoms. The number of fused-ring (bicyclic) bond motifs is 1. The average Bonchev–Trinajstić information content (AvgIpc) is 2.73. The monoisotopic (exact) mass is 250 g/mol. The van der Waals surface area contributed by atoms with Gasteiger partial charge < -0.3 is 9.30 Å². The van der Waals surface area contributed by atoms with E-state index in [1.54, 1.807) is 0 Å². The Balaban J connectivity index is 2.18. The maximum absolute atomic E-state index is 5.48. The minimum atomic E-state index is 0.706. The molecule has 1 aromatic heterocycles. The molecule has 0 fully saturated rings. The Morgan fingerprint density at radius 1 is 1.29 bits per heavy atom. The normalized spacial score (nSPS) is 11.2. The zero-order valence-electron chi connectivity index (χ0n) is 10.1. The molecular weight excluding hydrogens is 232 g/mol. The number of thiol groups is 1. The molecule has 1 aromatic carbocycles. The van der Waals surface area contributed by atoms with Crippen LogP contribution in [0.3, 0.4) is 0 Å². The van der Waals surface area contributed by atoms with Gasteiger partial charge in [0.2, 0.25) is 0 Å². The van der Waals surface area contributed by atoms with Gasteiger partial charge in [-0.05, 0) is 12.1 Å². The second-order valence-corrected chi connectivity index (χ2v) is 4.31. The van der Waals surface area contributed by atoms with Crippen LogP contribution >= 0.6 is 12.6 Å². The summed E-state index contributed by atoms with van der Waals surface area (Å²) in [5.74, 6) is 1.89. The van der Waals surface area contributed by atoms with Gasteiger partial charge in [0.25, 0.3) is 0 Å². The lowest BCUT2D eigenvalue weighted by molar-refractivity contribution is 0.141. The maximum Gasteiger partial charge on any atom is 0.109 e. The first-order valence-electron chi connectivity index (χ1n) is 5.99. The van der Waals surface area contributed by atoms with Gasteiger partial charge in [-0.25, -0.2) is 4.98 Å². The Labute approximate surface area is 107 Å². The third kappa shape index (κ3) is 2.82. The summed E-state index contributed by atoms with van der Waals surface area (Å²) in [5.41, 5.74) is 2.26. The van der Waals surface area contributed by atoms with Crippen LogP contribution in [0, 0.1) is 0 Å². The van der Waals surface area contributed by atoms with Crippen molar-refractivity contribution < 1.29 is 4.74 Å². The Morgan fingerprint density at radius 2 is 2.12 bits per heavy atom. The maximum atomic E-state index is 5.48. The summed E-state index contributed by atoms with van der Waals surface area (Å²) in [7, 11) is 0. The largest absolute Gasteiger partial charge is 0.379 e. The SMILES string of the molecule is CCc1nc2ccccc2n1CCOCCS. The van der Waals surface area contributed by atoms with Crippen LogP contribution in [0.25, 0.3) is 11.0 Å². The van der Waals surface area contributed by atoms with Gasteiger partial charge in [-0.3, -0.25) is 0 Å². The summed E-state index contributed by atoms with van der Waals surface area (Å²) in [6.45, 7) is 4.41. The Bertz CT molecular complexity index is 481. The summed E-state index contributed by atoms with van der Waals surface area (Å²) in [6, 6.07) is 8.24. The highest BCUT2D eigenvalue weighted by Gasteiger charge is 2.07. The van der Waals surface area contributed by atoms with Crippen molar-refractivity contribution >= 4 is 23.7 Å². The lowest BCUT2D eigenvalue weighted by Gasteiger charge is -2.08. The second-order valence-electron chi connectivity index (χ2n) is 3.86. The Morgan fingerprint density at radius 3 is 2.88 bits per heavy atom. The number of aryl methyl sites for hydroxylation is 1. The van der Waals surface area contributed by atoms with Crippen molar-refractivity contribution in [1.29, 1.82) is 0 Å². The zero-order valence-corrected chi connectivity index (χ0v) is 11.0. The van der Waals surface area contributed by atoms with E-state index in [4.69, 9.17) is 4.74 Å². The molecule has 0 bridgehead atoms. The van der Waals surface area contributed by atoms with Gasteiger partial charge in [-0.2, -0.15) is 12.6 Å². The molecule has 0 amide bonds. The Hall–Kier alpha value is -1.00. The minimum absolute atomic E-state index is 0.706. The van der Waals surface area contributed by atoms with Crippen LogP contribution in [-0.2, 0) is 17.7 Å². The number of imidazole rings is 1. The van der Waals surface area contributed by atoms with Gasteiger partial charge in [-0.1, -0.05) is 19.1 Å². The molecule has 0 N–H and O–H groups in total. The van der Waals surface area contributed by atoms with E-state index in [1.165, 1.54) is 5.52 Å². The molecule has 0 radical (unpaired) electrons. The third-order valence-corrected chi connectivity index (χ3v) is 2.93. The molecular formula is C13H18N2OS. The molecule has 0 saturated carbocycles. The van der Waals surface area contributed by atoms with Crippen LogP contribution in [0.1, 0.15) is 12.7 Å². The average molecular weight is 250 g/mol. The smallest absolute Gasteiger partial charge is 0.109 e. The van der Waals surface area contributed by atoms with Crippen LogP contribution in [0.2, 0.25) is 0 Å². The van der Waals surface area contributed by atoms with E-state index in [9.17, 15) is 0 Å². The van der Waals surface area contributed by atoms with Crippen LogP contribution in [-0.4, -0.2) is 28.5 Å². The van der Waals surface area contributed by atoms with Crippen LogP contribution in [0.15, 0.2) is 24.3 Å². The van der Waals surface area contributed by atoms with Crippen molar-refractivity contribution in [2.45, 2.75) is 19.9 Å². The molecule has 0 aliphatic rings. The van der Waals surface area contributed by atoms with Crippen molar-refractivity contribution in [2.24, 2.45) is 0 Å². The summed E-state index contributed by atoms with van der Waals surface area (Å²) in [4.78, 5) is 4.62. The molecule has 3 nitrogen and oxygen atoms in total. The van der Waals surface area contributed by atoms with Crippen molar-refractivity contribution in [3.05, 3.63) is 30.1 Å². The first kappa shape index (κ1) is 12.5. The van der Waals surface area contributed by atoms with Gasteiger partial charge >= 0.3 is 0 Å². The lowest BCUT2D eigenvalue weighted by atomic mass is 10.3. The number of para-hydroxylation sites is 2. The quantitative estimate of drug-likeness (QED) is 0.630. The highest BCUT2D eigenvalue weighted by atomic mass is 32.1. The predicted octanol–water partition coefficient (Wildman–Crippen LogP) is 2.55. The van der Waals surface area contributed by atoms with E-state index in [-0.39, 0.29) is 0 Å². The Kier molecular flexibility index (Phi) is 4.45. The molecule has 0 saturated heterocycles. The van der Waals surface area contributed by atoms with Crippen molar-refractivity contribution in [3.8, 4) is 0 Å². The number of nitrogens with zero attached hydrogens (tertiary/aromatic N) is 2. The summed E-state index contributed by atoms with van der Waals surface area (Å²) in [6.07, 6.45) is 0.946. The molecule has 0 aliphatic heterocycles. The van der Waals surface area contributed by atoms with Crippen LogP contribution in [0.5, 0.6) is 0 Å². The predicted molar refractivity (Wildman–Crippen MR) is 73.8 cm³/mol. The van der Waals surface area contributed by atoms with Crippen molar-refractivity contribution in [1.82, 2.24) is 9.55 Å². The van der Waals surface area contributed by atoms with Crippen molar-refractivity contribution in [3.63, 3.8) is 0 Å². The molecule has 92 valence electrons. The highest BCUT2D eigenvalue weighted by molar-refractivity contribution is 7.80. The fourth-order valence-corrected chi connectivity index (χ4v) is 2.10. The van der Waals surface area contributed by atoms with Crippen molar-refractivity contribution in [2.75, 3.05) is 19.0 Å². The van der Waals surface area contributed by atoms with E-state index in [1.807, 2.05) is 6.07 Å². The van der Waals surface area contributed by atoms with E-state index >= 15 is 0 Å². The van der Waals surface area contributed by atoms with Gasteiger partial charge in [0.15, 0.2) is 0 Å². The first-order chi connectivity index (χ1) is 8.36. The lowest BCUT2D eigenvalue weighted by Crippen LogP contribution is -2.10. The molecule has 1 heterocycles. The number of benzene rings is 1. The minimum Gasteiger partial charge on any atom is -0.379 e. The van der Waals surface area contributed by atoms with Gasteiger partial charge in [-0.15, -0.1) is 0 Å². The topological polar surface area (TPSA) is 27.1 Å². The summed E-state index contributed by atoms with van der Waals surface area (Å²) >= 11 is 4.12. The summed E-state index contributed by atoms with van der Waals surface area (Å²) < 4.78 is 7.72. The van der Waals surface area contributed by atoms with E-state index in [0.717, 1.165) is 30.1 Å². The van der Waals surface area contributed by atoms with Crippen LogP contribution in [0.4, 0.5) is 0 Å². The van der Waals surface area contributed by atoms with E-state index in [0.29, 0.717) is 13.2 Å². The fraction of sp³-hybridized carbons (Fsp3) is 0.462. The van der Waals surface area contributed by atoms with E-state index in [2.05, 4.69) is 47.3 Å². The number of rotatable bonds is 6. The third-order valence-electron chi connectivity index (χ3n) is 2.74. The second kappa shape index (κ2) is 6.07. The number of hydrogen-bond donors (Lipinski definition) is 1. The molecule has 0 atom stereocenters. The molecule has 17 heavy (non-hydrogen) atoms. The number of aromatic nitrogens is 2. The standard InChI is InChI=1S/C13H18N2OS/c1-2-13-14-11-5-3-4-6-12(11)15(13)7-8-16-9-10-17/h3-6,17H,2,7-10H2,1H3. The molecule has 4 heteroatoms. The van der Waals surface area contributed by atoms with E-state index < -0.39 is 0 Å². The highest BCUT2D eigenvalue weighted by Crippen LogP contribution is 2.16. The van der Waals surface area contributed by atoms with Gasteiger partial charge in [0.1, 0.15) is 5.82 Å². The molecule has 2 rings (SSSR count). The molecule has 0 aliphatic carbocycles. The van der Waals surface area contributed by atoms with Gasteiger partial charge in [0, 0.05) is 18.7 Å². The van der Waals surface area contributed by atoms with Crippen LogP contribution < -0.4 is 0 Å². The first-order valence-corrected chi connectivity index (χ1v) is 6.62. The number of hydrogen-bond acceptors (Lipinski definition) is 3. The molecule has 0 unspecified atom stereocenters. The summed E-state index contributed by atoms with van der Waals surface area (Å²) in [5, 5.41) is 0. The number of ether oxygens (including phenoxy) is 1. The zero-order chi connectivity index (χ0) is 12.1.